The van der Waals surface area contributed by atoms with Gasteiger partial charge in [0, 0.05) is 16.5 Å². The van der Waals surface area contributed by atoms with E-state index in [1.807, 2.05) is 0 Å². The number of benzene rings is 1. The number of allylic oxidation sites excluding steroid dienone is 2. The van der Waals surface area contributed by atoms with E-state index in [-0.39, 0.29) is 12.0 Å². The summed E-state index contributed by atoms with van der Waals surface area (Å²) in [4.78, 5) is 23.0. The van der Waals surface area contributed by atoms with Gasteiger partial charge in [-0.2, -0.15) is 0 Å². The first kappa shape index (κ1) is 14.5. The summed E-state index contributed by atoms with van der Waals surface area (Å²) in [5.74, 6) is -2.14. The van der Waals surface area contributed by atoms with Crippen LogP contribution in [0.25, 0.3) is 0 Å². The molecular formula is C15H13BrO4. The summed E-state index contributed by atoms with van der Waals surface area (Å²) in [5, 5.41) is 18.8. The molecule has 1 atom stereocenters. The van der Waals surface area contributed by atoms with Gasteiger partial charge >= 0.3 is 11.9 Å². The molecule has 104 valence electrons. The van der Waals surface area contributed by atoms with Crippen molar-refractivity contribution in [3.63, 3.8) is 0 Å². The Kier molecular flexibility index (Phi) is 3.81. The number of carboxylic acid groups (broad SMARTS) is 2. The van der Waals surface area contributed by atoms with Crippen molar-refractivity contribution in [2.24, 2.45) is 0 Å². The second-order valence-electron chi connectivity index (χ2n) is 4.83. The molecule has 0 saturated carbocycles. The molecule has 2 N–H and O–H groups in total. The molecule has 0 fully saturated rings. The number of halogens is 1. The molecule has 0 amide bonds. The first-order valence-electron chi connectivity index (χ1n) is 5.98. The summed E-state index contributed by atoms with van der Waals surface area (Å²) in [6, 6.07) is 6.95. The summed E-state index contributed by atoms with van der Waals surface area (Å²) in [6.07, 6.45) is 3.07. The molecule has 0 radical (unpaired) electrons. The van der Waals surface area contributed by atoms with Crippen molar-refractivity contribution in [1.82, 2.24) is 0 Å². The average Bonchev–Trinajstić information content (AvgIpc) is 2.37. The maximum atomic E-state index is 11.8. The van der Waals surface area contributed by atoms with Crippen LogP contribution in [0, 0.1) is 0 Å². The third-order valence-electron chi connectivity index (χ3n) is 3.34. The number of carbonyl (C=O) groups is 2. The van der Waals surface area contributed by atoms with Crippen LogP contribution in [0.3, 0.4) is 0 Å². The number of rotatable bonds is 3. The van der Waals surface area contributed by atoms with E-state index in [4.69, 9.17) is 0 Å². The predicted octanol–water partition coefficient (Wildman–Crippen LogP) is 3.13. The second kappa shape index (κ2) is 5.25. The Balaban J connectivity index is 2.61. The van der Waals surface area contributed by atoms with Crippen molar-refractivity contribution in [3.8, 4) is 0 Å². The van der Waals surface area contributed by atoms with Crippen LogP contribution in [0.4, 0.5) is 0 Å². The minimum Gasteiger partial charge on any atom is -0.480 e. The van der Waals surface area contributed by atoms with Crippen molar-refractivity contribution in [2.75, 3.05) is 0 Å². The first-order chi connectivity index (χ1) is 9.35. The van der Waals surface area contributed by atoms with E-state index in [0.717, 1.165) is 4.47 Å². The van der Waals surface area contributed by atoms with E-state index in [0.29, 0.717) is 11.1 Å². The van der Waals surface area contributed by atoms with Gasteiger partial charge in [0.1, 0.15) is 5.41 Å². The lowest BCUT2D eigenvalue weighted by Gasteiger charge is -2.30. The summed E-state index contributed by atoms with van der Waals surface area (Å²) in [6.45, 7) is 1.71. The normalized spacial score (nSPS) is 21.9. The van der Waals surface area contributed by atoms with E-state index in [1.54, 1.807) is 37.3 Å². The lowest BCUT2D eigenvalue weighted by atomic mass is 9.71. The van der Waals surface area contributed by atoms with Gasteiger partial charge in [0.2, 0.25) is 0 Å². The van der Waals surface area contributed by atoms with Crippen LogP contribution in [0.2, 0.25) is 0 Å². The molecule has 1 aromatic carbocycles. The van der Waals surface area contributed by atoms with Crippen LogP contribution in [-0.4, -0.2) is 22.2 Å². The van der Waals surface area contributed by atoms with Crippen LogP contribution >= 0.6 is 15.9 Å². The van der Waals surface area contributed by atoms with Crippen molar-refractivity contribution in [3.05, 3.63) is 57.6 Å². The third-order valence-corrected chi connectivity index (χ3v) is 3.83. The van der Waals surface area contributed by atoms with Gasteiger partial charge in [-0.1, -0.05) is 39.7 Å². The highest BCUT2D eigenvalue weighted by Crippen LogP contribution is 2.39. The van der Waals surface area contributed by atoms with E-state index in [2.05, 4.69) is 15.9 Å². The number of carboxylic acids is 2. The Morgan fingerprint density at radius 2 is 2.00 bits per heavy atom. The monoisotopic (exact) mass is 336 g/mol. The Labute approximate surface area is 124 Å². The molecule has 0 aliphatic heterocycles. The van der Waals surface area contributed by atoms with Crippen LogP contribution in [0.5, 0.6) is 0 Å². The van der Waals surface area contributed by atoms with E-state index in [1.165, 1.54) is 6.08 Å². The Morgan fingerprint density at radius 3 is 2.55 bits per heavy atom. The lowest BCUT2D eigenvalue weighted by Crippen LogP contribution is -2.37. The van der Waals surface area contributed by atoms with Gasteiger partial charge in [0.15, 0.2) is 0 Å². The topological polar surface area (TPSA) is 74.6 Å². The van der Waals surface area contributed by atoms with Crippen LogP contribution in [-0.2, 0) is 15.0 Å². The molecule has 0 heterocycles. The number of aliphatic carboxylic acids is 2. The summed E-state index contributed by atoms with van der Waals surface area (Å²) in [7, 11) is 0. The fourth-order valence-electron chi connectivity index (χ4n) is 2.46. The molecule has 4 nitrogen and oxygen atoms in total. The van der Waals surface area contributed by atoms with Crippen molar-refractivity contribution in [2.45, 2.75) is 18.8 Å². The van der Waals surface area contributed by atoms with Crippen LogP contribution in [0.1, 0.15) is 18.9 Å². The quantitative estimate of drug-likeness (QED) is 0.889. The van der Waals surface area contributed by atoms with Gasteiger partial charge in [-0.05, 0) is 30.7 Å². The zero-order chi connectivity index (χ0) is 14.9. The average molecular weight is 337 g/mol. The zero-order valence-electron chi connectivity index (χ0n) is 10.8. The first-order valence-corrected chi connectivity index (χ1v) is 6.77. The molecule has 0 saturated heterocycles. The minimum atomic E-state index is -1.34. The molecule has 20 heavy (non-hydrogen) atoms. The summed E-state index contributed by atoms with van der Waals surface area (Å²) < 4.78 is 0.758. The fraction of sp³-hybridized carbons (Fsp3) is 0.200. The molecule has 0 aromatic heterocycles. The number of hydrogen-bond donors (Lipinski definition) is 2. The van der Waals surface area contributed by atoms with Crippen LogP contribution < -0.4 is 0 Å². The molecule has 0 bridgehead atoms. The smallest absolute Gasteiger partial charge is 0.331 e. The van der Waals surface area contributed by atoms with E-state index >= 15 is 0 Å². The fourth-order valence-corrected chi connectivity index (χ4v) is 2.86. The van der Waals surface area contributed by atoms with E-state index in [9.17, 15) is 19.8 Å². The molecule has 1 aromatic rings. The molecule has 0 spiro atoms. The Morgan fingerprint density at radius 1 is 1.30 bits per heavy atom. The van der Waals surface area contributed by atoms with Gasteiger partial charge in [-0.25, -0.2) is 4.79 Å². The second-order valence-corrected chi connectivity index (χ2v) is 5.74. The highest BCUT2D eigenvalue weighted by atomic mass is 79.9. The van der Waals surface area contributed by atoms with Crippen molar-refractivity contribution >= 4 is 27.9 Å². The largest absolute Gasteiger partial charge is 0.480 e. The maximum Gasteiger partial charge on any atom is 0.331 e. The maximum absolute atomic E-state index is 11.8. The van der Waals surface area contributed by atoms with Crippen molar-refractivity contribution in [1.29, 1.82) is 0 Å². The minimum absolute atomic E-state index is 0.0640. The molecule has 5 heteroatoms. The molecular weight excluding hydrogens is 324 g/mol. The molecule has 1 aliphatic rings. The summed E-state index contributed by atoms with van der Waals surface area (Å²) in [5.41, 5.74) is -0.0370. The van der Waals surface area contributed by atoms with Crippen molar-refractivity contribution < 1.29 is 19.8 Å². The summed E-state index contributed by atoms with van der Waals surface area (Å²) >= 11 is 3.32. The Hall–Kier alpha value is -1.88. The molecule has 1 unspecified atom stereocenters. The third kappa shape index (κ3) is 2.54. The Bertz CT molecular complexity index is 645. The van der Waals surface area contributed by atoms with E-state index < -0.39 is 17.4 Å². The van der Waals surface area contributed by atoms with Gasteiger partial charge in [0.05, 0.1) is 0 Å². The molecule has 2 rings (SSSR count). The van der Waals surface area contributed by atoms with Gasteiger partial charge in [0.25, 0.3) is 0 Å². The highest BCUT2D eigenvalue weighted by Gasteiger charge is 2.42. The van der Waals surface area contributed by atoms with Gasteiger partial charge < -0.3 is 10.2 Å². The lowest BCUT2D eigenvalue weighted by molar-refractivity contribution is -0.142. The highest BCUT2D eigenvalue weighted by molar-refractivity contribution is 9.10. The SMILES string of the molecule is CC1=CC(C(=O)O)(c2cccc(Br)c2)CC(C(=O)O)=C1. The standard InChI is InChI=1S/C15H13BrO4/c1-9-5-10(13(17)18)8-15(7-9,14(19)20)11-3-2-4-12(16)6-11/h2-7H,8H2,1H3,(H,17,18)(H,19,20). The van der Waals surface area contributed by atoms with Gasteiger partial charge in [-0.15, -0.1) is 0 Å². The van der Waals surface area contributed by atoms with Gasteiger partial charge in [-0.3, -0.25) is 4.79 Å². The molecule has 1 aliphatic carbocycles. The zero-order valence-corrected chi connectivity index (χ0v) is 12.3. The predicted molar refractivity (Wildman–Crippen MR) is 77.5 cm³/mol. The van der Waals surface area contributed by atoms with Crippen LogP contribution in [0.15, 0.2) is 52.0 Å². The number of hydrogen-bond acceptors (Lipinski definition) is 2.